The van der Waals surface area contributed by atoms with Crippen LogP contribution in [0.2, 0.25) is 10.0 Å². The Morgan fingerprint density at radius 2 is 1.67 bits per heavy atom. The minimum atomic E-state index is -0.286. The maximum atomic E-state index is 12.7. The summed E-state index contributed by atoms with van der Waals surface area (Å²) in [5.41, 5.74) is 2.12. The third-order valence-electron chi connectivity index (χ3n) is 5.07. The molecular formula is C22H21Cl2N3O3. The number of nitrogens with zero attached hydrogens (tertiary/aromatic N) is 2. The minimum absolute atomic E-state index is 0.0118. The Labute approximate surface area is 184 Å². The van der Waals surface area contributed by atoms with Gasteiger partial charge < -0.3 is 14.6 Å². The lowest BCUT2D eigenvalue weighted by atomic mass is 10.0. The van der Waals surface area contributed by atoms with Gasteiger partial charge in [0.1, 0.15) is 0 Å². The minimum Gasteiger partial charge on any atom is -0.379 e. The molecule has 6 nitrogen and oxygen atoms in total. The van der Waals surface area contributed by atoms with Crippen LogP contribution >= 0.6 is 23.2 Å². The average Bonchev–Trinajstić information content (AvgIpc) is 3.27. The van der Waals surface area contributed by atoms with Crippen LogP contribution < -0.4 is 5.32 Å². The van der Waals surface area contributed by atoms with Gasteiger partial charge in [-0.1, -0.05) is 40.5 Å². The summed E-state index contributed by atoms with van der Waals surface area (Å²) in [6.45, 7) is 3.38. The van der Waals surface area contributed by atoms with Gasteiger partial charge in [-0.05, 0) is 42.0 Å². The van der Waals surface area contributed by atoms with Crippen molar-refractivity contribution in [3.63, 3.8) is 0 Å². The Hall–Kier alpha value is -2.38. The first-order chi connectivity index (χ1) is 14.6. The first-order valence-electron chi connectivity index (χ1n) is 9.68. The first-order valence-corrected chi connectivity index (χ1v) is 10.4. The fourth-order valence-electron chi connectivity index (χ4n) is 3.44. The van der Waals surface area contributed by atoms with E-state index in [4.69, 9.17) is 32.5 Å². The van der Waals surface area contributed by atoms with Crippen molar-refractivity contribution in [1.82, 2.24) is 15.4 Å². The maximum absolute atomic E-state index is 12.7. The van der Waals surface area contributed by atoms with E-state index in [1.165, 1.54) is 0 Å². The lowest BCUT2D eigenvalue weighted by molar-refractivity contribution is 0.0162. The lowest BCUT2D eigenvalue weighted by Gasteiger charge is -2.34. The summed E-state index contributed by atoms with van der Waals surface area (Å²) in [6.07, 6.45) is 0. The Balaban J connectivity index is 1.45. The molecule has 1 fully saturated rings. The second kappa shape index (κ2) is 9.62. The number of rotatable bonds is 6. The average molecular weight is 446 g/mol. The van der Waals surface area contributed by atoms with Gasteiger partial charge in [0.25, 0.3) is 5.91 Å². The smallest absolute Gasteiger partial charge is 0.273 e. The van der Waals surface area contributed by atoms with Crippen LogP contribution in [0.25, 0.3) is 11.3 Å². The van der Waals surface area contributed by atoms with Gasteiger partial charge in [0.05, 0.1) is 19.3 Å². The number of morpholine rings is 1. The van der Waals surface area contributed by atoms with Crippen molar-refractivity contribution in [2.75, 3.05) is 32.8 Å². The van der Waals surface area contributed by atoms with E-state index in [2.05, 4.69) is 15.4 Å². The van der Waals surface area contributed by atoms with Crippen LogP contribution in [-0.2, 0) is 4.74 Å². The highest BCUT2D eigenvalue weighted by molar-refractivity contribution is 6.30. The van der Waals surface area contributed by atoms with Crippen LogP contribution in [-0.4, -0.2) is 48.8 Å². The molecule has 1 saturated heterocycles. The number of amides is 1. The molecule has 0 saturated carbocycles. The third kappa shape index (κ3) is 5.02. The molecule has 4 rings (SSSR count). The zero-order valence-corrected chi connectivity index (χ0v) is 17.7. The number of hydrogen-bond donors (Lipinski definition) is 1. The second-order valence-corrected chi connectivity index (χ2v) is 7.88. The molecule has 1 amide bonds. The molecule has 0 spiro atoms. The molecule has 2 aromatic carbocycles. The molecule has 156 valence electrons. The highest BCUT2D eigenvalue weighted by Crippen LogP contribution is 2.24. The van der Waals surface area contributed by atoms with Gasteiger partial charge in [0.15, 0.2) is 11.5 Å². The Kier molecular flexibility index (Phi) is 6.69. The monoisotopic (exact) mass is 445 g/mol. The van der Waals surface area contributed by atoms with Gasteiger partial charge >= 0.3 is 0 Å². The summed E-state index contributed by atoms with van der Waals surface area (Å²) >= 11 is 12.0. The topological polar surface area (TPSA) is 67.6 Å². The van der Waals surface area contributed by atoms with E-state index in [1.807, 2.05) is 36.4 Å². The molecular weight excluding hydrogens is 425 g/mol. The molecule has 3 aromatic rings. The SMILES string of the molecule is O=C(NCC(c1ccc(Cl)cc1)N1CCOCC1)c1cc(-c2ccc(Cl)cc2)on1. The number of carbonyl (C=O) groups is 1. The summed E-state index contributed by atoms with van der Waals surface area (Å²) < 4.78 is 10.8. The normalized spacial score (nSPS) is 15.7. The van der Waals surface area contributed by atoms with E-state index in [9.17, 15) is 4.79 Å². The Morgan fingerprint density at radius 3 is 2.33 bits per heavy atom. The molecule has 2 heterocycles. The molecule has 1 aliphatic heterocycles. The highest BCUT2D eigenvalue weighted by atomic mass is 35.5. The Bertz CT molecular complexity index is 984. The second-order valence-electron chi connectivity index (χ2n) is 7.01. The zero-order valence-electron chi connectivity index (χ0n) is 16.2. The standard InChI is InChI=1S/C22H21Cl2N3O3/c23-17-5-1-15(2-6-17)20(27-9-11-29-12-10-27)14-25-22(28)19-13-21(30-26-19)16-3-7-18(24)8-4-16/h1-8,13,20H,9-12,14H2,(H,25,28). The van der Waals surface area contributed by atoms with E-state index in [-0.39, 0.29) is 17.6 Å². The molecule has 1 aliphatic rings. The fraction of sp³-hybridized carbons (Fsp3) is 0.273. The lowest BCUT2D eigenvalue weighted by Crippen LogP contribution is -2.43. The van der Waals surface area contributed by atoms with Crippen molar-refractivity contribution >= 4 is 29.1 Å². The molecule has 1 unspecified atom stereocenters. The number of ether oxygens (including phenoxy) is 1. The largest absolute Gasteiger partial charge is 0.379 e. The summed E-state index contributed by atoms with van der Waals surface area (Å²) in [6, 6.07) is 16.5. The van der Waals surface area contributed by atoms with E-state index >= 15 is 0 Å². The summed E-state index contributed by atoms with van der Waals surface area (Å²) in [5.74, 6) is 0.227. The van der Waals surface area contributed by atoms with Crippen molar-refractivity contribution in [3.05, 3.63) is 75.9 Å². The van der Waals surface area contributed by atoms with Crippen LogP contribution in [0.3, 0.4) is 0 Å². The van der Waals surface area contributed by atoms with Crippen molar-refractivity contribution in [1.29, 1.82) is 0 Å². The summed E-state index contributed by atoms with van der Waals surface area (Å²) in [7, 11) is 0. The molecule has 30 heavy (non-hydrogen) atoms. The zero-order chi connectivity index (χ0) is 20.9. The van der Waals surface area contributed by atoms with Crippen LogP contribution in [0, 0.1) is 0 Å². The van der Waals surface area contributed by atoms with E-state index in [0.717, 1.165) is 24.2 Å². The van der Waals surface area contributed by atoms with Gasteiger partial charge in [-0.15, -0.1) is 0 Å². The van der Waals surface area contributed by atoms with Gasteiger partial charge in [-0.25, -0.2) is 0 Å². The first kappa shape index (κ1) is 20.9. The molecule has 1 aromatic heterocycles. The third-order valence-corrected chi connectivity index (χ3v) is 5.57. The maximum Gasteiger partial charge on any atom is 0.273 e. The number of nitrogens with one attached hydrogen (secondary N) is 1. The van der Waals surface area contributed by atoms with Gasteiger partial charge in [0, 0.05) is 41.3 Å². The molecule has 8 heteroatoms. The molecule has 1 atom stereocenters. The van der Waals surface area contributed by atoms with E-state index in [0.29, 0.717) is 35.6 Å². The highest BCUT2D eigenvalue weighted by Gasteiger charge is 2.24. The van der Waals surface area contributed by atoms with Crippen LogP contribution in [0.4, 0.5) is 0 Å². The fourth-order valence-corrected chi connectivity index (χ4v) is 3.70. The number of aromatic nitrogens is 1. The predicted molar refractivity (Wildman–Crippen MR) is 116 cm³/mol. The van der Waals surface area contributed by atoms with E-state index < -0.39 is 0 Å². The molecule has 0 bridgehead atoms. The van der Waals surface area contributed by atoms with Gasteiger partial charge in [-0.3, -0.25) is 9.69 Å². The number of hydrogen-bond acceptors (Lipinski definition) is 5. The van der Waals surface area contributed by atoms with Crippen LogP contribution in [0.5, 0.6) is 0 Å². The summed E-state index contributed by atoms with van der Waals surface area (Å²) in [5, 5.41) is 8.22. The van der Waals surface area contributed by atoms with Crippen LogP contribution in [0.15, 0.2) is 59.1 Å². The number of halogens is 2. The van der Waals surface area contributed by atoms with Crippen molar-refractivity contribution < 1.29 is 14.1 Å². The Morgan fingerprint density at radius 1 is 1.03 bits per heavy atom. The number of carbonyl (C=O) groups excluding carboxylic acids is 1. The molecule has 0 aliphatic carbocycles. The van der Waals surface area contributed by atoms with Crippen molar-refractivity contribution in [2.45, 2.75) is 6.04 Å². The van der Waals surface area contributed by atoms with Crippen molar-refractivity contribution in [2.24, 2.45) is 0 Å². The summed E-state index contributed by atoms with van der Waals surface area (Å²) in [4.78, 5) is 15.0. The molecule has 0 radical (unpaired) electrons. The van der Waals surface area contributed by atoms with Crippen molar-refractivity contribution in [3.8, 4) is 11.3 Å². The van der Waals surface area contributed by atoms with E-state index in [1.54, 1.807) is 18.2 Å². The quantitative estimate of drug-likeness (QED) is 0.606. The van der Waals surface area contributed by atoms with Gasteiger partial charge in [0.2, 0.25) is 0 Å². The molecule has 1 N–H and O–H groups in total. The predicted octanol–water partition coefficient (Wildman–Crippen LogP) is 4.45. The van der Waals surface area contributed by atoms with Gasteiger partial charge in [-0.2, -0.15) is 0 Å². The number of benzene rings is 2. The van der Waals surface area contributed by atoms with Crippen LogP contribution in [0.1, 0.15) is 22.1 Å².